The minimum absolute atomic E-state index is 0.143. The van der Waals surface area contributed by atoms with Crippen molar-refractivity contribution < 1.29 is 9.53 Å². The van der Waals surface area contributed by atoms with E-state index in [-0.39, 0.29) is 12.0 Å². The van der Waals surface area contributed by atoms with E-state index in [4.69, 9.17) is 4.74 Å². The summed E-state index contributed by atoms with van der Waals surface area (Å²) in [5.41, 5.74) is 0. The third-order valence-electron chi connectivity index (χ3n) is 2.81. The van der Waals surface area contributed by atoms with E-state index in [9.17, 15) is 4.79 Å². The number of nitrogens with one attached hydrogen (secondary N) is 1. The average molecular weight is 199 g/mol. The number of hydrogen-bond donors (Lipinski definition) is 1. The molecule has 0 bridgehead atoms. The number of esters is 1. The van der Waals surface area contributed by atoms with Crippen molar-refractivity contribution >= 4 is 5.97 Å². The van der Waals surface area contributed by atoms with Crippen LogP contribution in [-0.4, -0.2) is 25.2 Å². The van der Waals surface area contributed by atoms with Gasteiger partial charge in [-0.1, -0.05) is 6.92 Å². The second-order valence-corrected chi connectivity index (χ2v) is 4.20. The van der Waals surface area contributed by atoms with Crippen LogP contribution in [0, 0.1) is 11.8 Å². The average Bonchev–Trinajstić information content (AvgIpc) is 2.97. The van der Waals surface area contributed by atoms with Crippen molar-refractivity contribution in [3.05, 3.63) is 0 Å². The molecule has 0 radical (unpaired) electrons. The standard InChI is InChI=1S/C11H21NO2/c1-4-14-11(13)9(3)12-7-8(2)10-5-6-10/h8-10,12H,4-7H2,1-3H3. The molecule has 1 aliphatic rings. The quantitative estimate of drug-likeness (QED) is 0.660. The second-order valence-electron chi connectivity index (χ2n) is 4.20. The Morgan fingerprint density at radius 3 is 2.64 bits per heavy atom. The van der Waals surface area contributed by atoms with Crippen LogP contribution < -0.4 is 5.32 Å². The Morgan fingerprint density at radius 1 is 1.50 bits per heavy atom. The minimum Gasteiger partial charge on any atom is -0.465 e. The Balaban J connectivity index is 2.12. The van der Waals surface area contributed by atoms with E-state index in [2.05, 4.69) is 12.2 Å². The number of carbonyl (C=O) groups is 1. The monoisotopic (exact) mass is 199 g/mol. The molecule has 0 saturated heterocycles. The summed E-state index contributed by atoms with van der Waals surface area (Å²) in [6.45, 7) is 7.31. The number of ether oxygens (including phenoxy) is 1. The summed E-state index contributed by atoms with van der Waals surface area (Å²) in [6.07, 6.45) is 2.72. The van der Waals surface area contributed by atoms with Crippen LogP contribution in [-0.2, 0) is 9.53 Å². The molecule has 0 aromatic rings. The highest BCUT2D eigenvalue weighted by atomic mass is 16.5. The van der Waals surface area contributed by atoms with E-state index in [1.165, 1.54) is 12.8 Å². The molecule has 1 saturated carbocycles. The zero-order valence-corrected chi connectivity index (χ0v) is 9.38. The highest BCUT2D eigenvalue weighted by Gasteiger charge is 2.28. The van der Waals surface area contributed by atoms with Crippen molar-refractivity contribution in [2.24, 2.45) is 11.8 Å². The van der Waals surface area contributed by atoms with Crippen molar-refractivity contribution in [1.82, 2.24) is 5.32 Å². The number of hydrogen-bond acceptors (Lipinski definition) is 3. The van der Waals surface area contributed by atoms with Gasteiger partial charge in [0.15, 0.2) is 0 Å². The number of carbonyl (C=O) groups excluding carboxylic acids is 1. The summed E-state index contributed by atoms with van der Waals surface area (Å²) in [4.78, 5) is 11.3. The number of rotatable bonds is 6. The van der Waals surface area contributed by atoms with Crippen LogP contribution in [0.3, 0.4) is 0 Å². The lowest BCUT2D eigenvalue weighted by molar-refractivity contribution is -0.145. The molecule has 0 spiro atoms. The van der Waals surface area contributed by atoms with Crippen LogP contribution in [0.2, 0.25) is 0 Å². The first-order valence-electron chi connectivity index (χ1n) is 5.55. The SMILES string of the molecule is CCOC(=O)C(C)NCC(C)C1CC1. The molecule has 14 heavy (non-hydrogen) atoms. The van der Waals surface area contributed by atoms with Crippen LogP contribution in [0.1, 0.15) is 33.6 Å². The molecular weight excluding hydrogens is 178 g/mol. The van der Waals surface area contributed by atoms with Crippen molar-refractivity contribution in [3.8, 4) is 0 Å². The molecule has 3 heteroatoms. The molecular formula is C11H21NO2. The van der Waals surface area contributed by atoms with Gasteiger partial charge in [-0.05, 0) is 45.1 Å². The predicted octanol–water partition coefficient (Wildman–Crippen LogP) is 1.57. The highest BCUT2D eigenvalue weighted by molar-refractivity contribution is 5.75. The Morgan fingerprint density at radius 2 is 2.14 bits per heavy atom. The van der Waals surface area contributed by atoms with Gasteiger partial charge in [-0.3, -0.25) is 4.79 Å². The zero-order valence-electron chi connectivity index (χ0n) is 9.38. The molecule has 0 aromatic carbocycles. The first-order chi connectivity index (χ1) is 6.65. The molecule has 82 valence electrons. The molecule has 1 aliphatic carbocycles. The van der Waals surface area contributed by atoms with Gasteiger partial charge in [0.05, 0.1) is 6.61 Å². The van der Waals surface area contributed by atoms with Gasteiger partial charge in [0.2, 0.25) is 0 Å². The first kappa shape index (κ1) is 11.5. The Kier molecular flexibility index (Phi) is 4.39. The fourth-order valence-corrected chi connectivity index (χ4v) is 1.55. The maximum atomic E-state index is 11.3. The van der Waals surface area contributed by atoms with Gasteiger partial charge in [0.1, 0.15) is 6.04 Å². The molecule has 2 unspecified atom stereocenters. The lowest BCUT2D eigenvalue weighted by Gasteiger charge is -2.16. The lowest BCUT2D eigenvalue weighted by Crippen LogP contribution is -2.38. The zero-order chi connectivity index (χ0) is 10.6. The van der Waals surface area contributed by atoms with Crippen LogP contribution in [0.15, 0.2) is 0 Å². The molecule has 0 aromatic heterocycles. The van der Waals surface area contributed by atoms with Gasteiger partial charge in [0, 0.05) is 0 Å². The van der Waals surface area contributed by atoms with Gasteiger partial charge < -0.3 is 10.1 Å². The second kappa shape index (κ2) is 5.35. The maximum Gasteiger partial charge on any atom is 0.322 e. The third kappa shape index (κ3) is 3.66. The van der Waals surface area contributed by atoms with Gasteiger partial charge in [-0.2, -0.15) is 0 Å². The fourth-order valence-electron chi connectivity index (χ4n) is 1.55. The van der Waals surface area contributed by atoms with E-state index in [1.54, 1.807) is 0 Å². The fraction of sp³-hybridized carbons (Fsp3) is 0.909. The van der Waals surface area contributed by atoms with Crippen LogP contribution >= 0.6 is 0 Å². The Bertz CT molecular complexity index is 190. The topological polar surface area (TPSA) is 38.3 Å². The van der Waals surface area contributed by atoms with Gasteiger partial charge >= 0.3 is 5.97 Å². The maximum absolute atomic E-state index is 11.3. The largest absolute Gasteiger partial charge is 0.465 e. The minimum atomic E-state index is -0.170. The molecule has 1 rings (SSSR count). The lowest BCUT2D eigenvalue weighted by atomic mass is 10.1. The highest BCUT2D eigenvalue weighted by Crippen LogP contribution is 2.36. The van der Waals surface area contributed by atoms with E-state index in [1.807, 2.05) is 13.8 Å². The normalized spacial score (nSPS) is 20.2. The molecule has 0 amide bonds. The van der Waals surface area contributed by atoms with Gasteiger partial charge in [-0.15, -0.1) is 0 Å². The summed E-state index contributed by atoms with van der Waals surface area (Å²) in [5.74, 6) is 1.43. The molecule has 0 aliphatic heterocycles. The Hall–Kier alpha value is -0.570. The molecule has 3 nitrogen and oxygen atoms in total. The molecule has 2 atom stereocenters. The third-order valence-corrected chi connectivity index (χ3v) is 2.81. The summed E-state index contributed by atoms with van der Waals surface area (Å²) in [6, 6.07) is -0.170. The smallest absolute Gasteiger partial charge is 0.322 e. The van der Waals surface area contributed by atoms with Gasteiger partial charge in [0.25, 0.3) is 0 Å². The van der Waals surface area contributed by atoms with E-state index >= 15 is 0 Å². The summed E-state index contributed by atoms with van der Waals surface area (Å²) in [7, 11) is 0. The van der Waals surface area contributed by atoms with Crippen molar-refractivity contribution in [1.29, 1.82) is 0 Å². The van der Waals surface area contributed by atoms with E-state index in [0.717, 1.165) is 12.5 Å². The van der Waals surface area contributed by atoms with Gasteiger partial charge in [-0.25, -0.2) is 0 Å². The summed E-state index contributed by atoms with van der Waals surface area (Å²) >= 11 is 0. The van der Waals surface area contributed by atoms with Crippen molar-refractivity contribution in [2.75, 3.05) is 13.2 Å². The first-order valence-corrected chi connectivity index (χ1v) is 5.55. The van der Waals surface area contributed by atoms with Crippen LogP contribution in [0.4, 0.5) is 0 Å². The van der Waals surface area contributed by atoms with E-state index in [0.29, 0.717) is 12.5 Å². The molecule has 1 N–H and O–H groups in total. The molecule has 0 heterocycles. The van der Waals surface area contributed by atoms with E-state index < -0.39 is 0 Å². The predicted molar refractivity (Wildman–Crippen MR) is 56.0 cm³/mol. The van der Waals surface area contributed by atoms with Crippen molar-refractivity contribution in [3.63, 3.8) is 0 Å². The van der Waals surface area contributed by atoms with Crippen LogP contribution in [0.5, 0.6) is 0 Å². The summed E-state index contributed by atoms with van der Waals surface area (Å²) in [5, 5.41) is 3.21. The summed E-state index contributed by atoms with van der Waals surface area (Å²) < 4.78 is 4.91. The Labute approximate surface area is 86.2 Å². The van der Waals surface area contributed by atoms with Crippen LogP contribution in [0.25, 0.3) is 0 Å². The van der Waals surface area contributed by atoms with Crippen molar-refractivity contribution in [2.45, 2.75) is 39.7 Å². The molecule has 1 fully saturated rings.